The molecule has 32 heavy (non-hydrogen) atoms. The van der Waals surface area contributed by atoms with Gasteiger partial charge in [-0.15, -0.1) is 0 Å². The monoisotopic (exact) mass is 477 g/mol. The smallest absolute Gasteiger partial charge is 0.339 e. The van der Waals surface area contributed by atoms with Crippen molar-refractivity contribution >= 4 is 27.6 Å². The van der Waals surface area contributed by atoms with Crippen LogP contribution in [0.25, 0.3) is 0 Å². The molecule has 0 aliphatic rings. The summed E-state index contributed by atoms with van der Waals surface area (Å²) in [6.45, 7) is 0.838. The molecule has 0 aliphatic heterocycles. The molecule has 0 aliphatic carbocycles. The molecule has 0 heterocycles. The summed E-state index contributed by atoms with van der Waals surface area (Å²) in [5.74, 6) is -0.713. The molecule has 0 atom stereocenters. The van der Waals surface area contributed by atoms with Crippen molar-refractivity contribution in [2.24, 2.45) is 0 Å². The molecule has 0 N–H and O–H groups in total. The highest BCUT2D eigenvalue weighted by Crippen LogP contribution is 2.22. The minimum absolute atomic E-state index is 0.0775. The summed E-state index contributed by atoms with van der Waals surface area (Å²) in [5.41, 5.74) is 1.09. The van der Waals surface area contributed by atoms with Gasteiger partial charge in [-0.3, -0.25) is 4.79 Å². The average Bonchev–Trinajstić information content (AvgIpc) is 2.76. The zero-order valence-corrected chi connectivity index (χ0v) is 18.8. The number of carbonyl (C=O) groups excluding carboxylic acids is 1. The van der Waals surface area contributed by atoms with E-state index >= 15 is 0 Å². The first-order chi connectivity index (χ1) is 15.3. The highest BCUT2D eigenvalue weighted by atomic mass is 35.5. The molecule has 0 bridgehead atoms. The second-order valence-electron chi connectivity index (χ2n) is 6.87. The van der Waals surface area contributed by atoms with Gasteiger partial charge in [-0.1, -0.05) is 29.8 Å². The number of nitrogens with zero attached hydrogens (tertiary/aromatic N) is 1. The number of benzene rings is 3. The predicted molar refractivity (Wildman–Crippen MR) is 119 cm³/mol. The third kappa shape index (κ3) is 6.29. The van der Waals surface area contributed by atoms with E-state index in [-0.39, 0.29) is 23.1 Å². The third-order valence-electron chi connectivity index (χ3n) is 4.50. The lowest BCUT2D eigenvalue weighted by Gasteiger charge is -2.23. The van der Waals surface area contributed by atoms with E-state index in [4.69, 9.17) is 20.5 Å². The fourth-order valence-corrected chi connectivity index (χ4v) is 4.06. The number of hydrogen-bond acceptors (Lipinski definition) is 5. The Balaban J connectivity index is 1.80. The average molecular weight is 478 g/mol. The largest absolute Gasteiger partial charge is 0.383 e. The normalized spacial score (nSPS) is 11.2. The Morgan fingerprint density at radius 2 is 1.75 bits per heavy atom. The molecule has 0 fully saturated rings. The molecule has 1 amide bonds. The van der Waals surface area contributed by atoms with E-state index in [9.17, 15) is 17.6 Å². The van der Waals surface area contributed by atoms with Crippen LogP contribution in [0.1, 0.15) is 15.9 Å². The Morgan fingerprint density at radius 1 is 1.03 bits per heavy atom. The van der Waals surface area contributed by atoms with Crippen LogP contribution in [0, 0.1) is 5.82 Å². The van der Waals surface area contributed by atoms with Crippen LogP contribution in [-0.4, -0.2) is 39.5 Å². The van der Waals surface area contributed by atoms with Crippen molar-refractivity contribution in [3.63, 3.8) is 0 Å². The van der Waals surface area contributed by atoms with Crippen LogP contribution in [0.3, 0.4) is 0 Å². The van der Waals surface area contributed by atoms with Crippen molar-refractivity contribution < 1.29 is 26.5 Å². The van der Waals surface area contributed by atoms with Gasteiger partial charge in [0.15, 0.2) is 0 Å². The second-order valence-corrected chi connectivity index (χ2v) is 8.85. The van der Waals surface area contributed by atoms with Crippen LogP contribution >= 0.6 is 11.6 Å². The van der Waals surface area contributed by atoms with Gasteiger partial charge < -0.3 is 13.8 Å². The predicted octanol–water partition coefficient (Wildman–Crippen LogP) is 4.54. The van der Waals surface area contributed by atoms with Crippen LogP contribution < -0.4 is 4.18 Å². The standard InChI is InChI=1S/C23H21ClFNO5S/c1-30-13-12-26(23(27)18-5-3-6-19(24)15-18)16-17-4-2-7-21(14-17)31-32(28,29)22-10-8-20(25)9-11-22/h2-11,14-15H,12-13,16H2,1H3. The van der Waals surface area contributed by atoms with Gasteiger partial charge >= 0.3 is 10.1 Å². The number of carbonyl (C=O) groups is 1. The van der Waals surface area contributed by atoms with Gasteiger partial charge in [0.25, 0.3) is 5.91 Å². The number of methoxy groups -OCH3 is 1. The third-order valence-corrected chi connectivity index (χ3v) is 6.00. The summed E-state index contributed by atoms with van der Waals surface area (Å²) < 4.78 is 48.4. The van der Waals surface area contributed by atoms with Crippen LogP contribution in [0.4, 0.5) is 4.39 Å². The summed E-state index contributed by atoms with van der Waals surface area (Å²) in [5, 5.41) is 0.448. The van der Waals surface area contributed by atoms with Crippen LogP contribution in [0.15, 0.2) is 77.7 Å². The van der Waals surface area contributed by atoms with E-state index in [1.165, 1.54) is 19.2 Å². The SMILES string of the molecule is COCCN(Cc1cccc(OS(=O)(=O)c2ccc(F)cc2)c1)C(=O)c1cccc(Cl)c1. The van der Waals surface area contributed by atoms with Gasteiger partial charge in [0.05, 0.1) is 6.61 Å². The van der Waals surface area contributed by atoms with E-state index in [2.05, 4.69) is 0 Å². The van der Waals surface area contributed by atoms with Crippen molar-refractivity contribution in [1.29, 1.82) is 0 Å². The maximum Gasteiger partial charge on any atom is 0.339 e. The number of rotatable bonds is 9. The summed E-state index contributed by atoms with van der Waals surface area (Å²) in [6, 6.07) is 17.4. The van der Waals surface area contributed by atoms with E-state index in [0.29, 0.717) is 29.3 Å². The zero-order valence-electron chi connectivity index (χ0n) is 17.2. The Morgan fingerprint density at radius 3 is 2.44 bits per heavy atom. The van der Waals surface area contributed by atoms with Gasteiger partial charge in [0.1, 0.15) is 16.5 Å². The number of amides is 1. The summed E-state index contributed by atoms with van der Waals surface area (Å²) in [4.78, 5) is 14.4. The molecule has 0 spiro atoms. The van der Waals surface area contributed by atoms with Gasteiger partial charge in [-0.25, -0.2) is 4.39 Å². The quantitative estimate of drug-likeness (QED) is 0.423. The second kappa shape index (κ2) is 10.6. The van der Waals surface area contributed by atoms with Gasteiger partial charge in [0, 0.05) is 30.8 Å². The van der Waals surface area contributed by atoms with E-state index in [1.54, 1.807) is 41.3 Å². The van der Waals surface area contributed by atoms with Crippen molar-refractivity contribution in [2.45, 2.75) is 11.4 Å². The molecule has 3 aromatic carbocycles. The fraction of sp³-hybridized carbons (Fsp3) is 0.174. The Bertz CT molecular complexity index is 1190. The lowest BCUT2D eigenvalue weighted by Crippen LogP contribution is -2.33. The molecular weight excluding hydrogens is 457 g/mol. The molecule has 0 aromatic heterocycles. The molecule has 168 valence electrons. The highest BCUT2D eigenvalue weighted by Gasteiger charge is 2.19. The molecule has 0 unspecified atom stereocenters. The summed E-state index contributed by atoms with van der Waals surface area (Å²) in [6.07, 6.45) is 0. The summed E-state index contributed by atoms with van der Waals surface area (Å²) in [7, 11) is -2.60. The Kier molecular flexibility index (Phi) is 7.84. The minimum atomic E-state index is -4.14. The number of halogens is 2. The van der Waals surface area contributed by atoms with Crippen molar-refractivity contribution in [3.8, 4) is 5.75 Å². The molecule has 3 aromatic rings. The topological polar surface area (TPSA) is 72.9 Å². The Hall–Kier alpha value is -2.94. The van der Waals surface area contributed by atoms with Gasteiger partial charge in [0.2, 0.25) is 0 Å². The number of ether oxygens (including phenoxy) is 1. The maximum atomic E-state index is 13.1. The first kappa shape index (κ1) is 23.7. The summed E-state index contributed by atoms with van der Waals surface area (Å²) >= 11 is 6.01. The molecule has 0 saturated carbocycles. The van der Waals surface area contributed by atoms with Crippen molar-refractivity contribution in [2.75, 3.05) is 20.3 Å². The Labute approximate surface area is 191 Å². The highest BCUT2D eigenvalue weighted by molar-refractivity contribution is 7.87. The lowest BCUT2D eigenvalue weighted by molar-refractivity contribution is 0.0680. The molecule has 6 nitrogen and oxygen atoms in total. The fourth-order valence-electron chi connectivity index (χ4n) is 2.95. The molecular formula is C23H21ClFNO5S. The molecule has 9 heteroatoms. The van der Waals surface area contributed by atoms with E-state index < -0.39 is 15.9 Å². The van der Waals surface area contributed by atoms with Crippen molar-refractivity contribution in [3.05, 3.63) is 94.8 Å². The van der Waals surface area contributed by atoms with Crippen molar-refractivity contribution in [1.82, 2.24) is 4.90 Å². The van der Waals surface area contributed by atoms with Crippen LogP contribution in [-0.2, 0) is 21.4 Å². The zero-order chi connectivity index (χ0) is 23.1. The van der Waals surface area contributed by atoms with Crippen LogP contribution in [0.2, 0.25) is 5.02 Å². The van der Waals surface area contributed by atoms with Gasteiger partial charge in [-0.2, -0.15) is 8.42 Å². The molecule has 0 radical (unpaired) electrons. The van der Waals surface area contributed by atoms with Crippen LogP contribution in [0.5, 0.6) is 5.75 Å². The van der Waals surface area contributed by atoms with E-state index in [0.717, 1.165) is 24.3 Å². The van der Waals surface area contributed by atoms with Gasteiger partial charge in [-0.05, 0) is 60.2 Å². The lowest BCUT2D eigenvalue weighted by atomic mass is 10.1. The first-order valence-electron chi connectivity index (χ1n) is 9.61. The maximum absolute atomic E-state index is 13.1. The van der Waals surface area contributed by atoms with E-state index in [1.807, 2.05) is 0 Å². The first-order valence-corrected chi connectivity index (χ1v) is 11.4. The molecule has 3 rings (SSSR count). The number of hydrogen-bond donors (Lipinski definition) is 0. The minimum Gasteiger partial charge on any atom is -0.383 e. The molecule has 0 saturated heterocycles.